The zero-order valence-corrected chi connectivity index (χ0v) is 17.2. The van der Waals surface area contributed by atoms with Gasteiger partial charge in [0.25, 0.3) is 0 Å². The van der Waals surface area contributed by atoms with E-state index in [4.69, 9.17) is 0 Å². The average Bonchev–Trinajstić information content (AvgIpc) is 3.40. The summed E-state index contributed by atoms with van der Waals surface area (Å²) in [7, 11) is 0. The first-order valence-electron chi connectivity index (χ1n) is 10.5. The maximum Gasteiger partial charge on any atom is 0.108 e. The van der Waals surface area contributed by atoms with Gasteiger partial charge in [-0.3, -0.25) is 9.88 Å². The number of rotatable bonds is 6. The molecule has 1 aliphatic heterocycles. The molecule has 1 aliphatic rings. The summed E-state index contributed by atoms with van der Waals surface area (Å²) in [4.78, 5) is 6.69. The highest BCUT2D eigenvalue weighted by Crippen LogP contribution is 2.34. The van der Waals surface area contributed by atoms with Crippen LogP contribution < -0.4 is 5.32 Å². The van der Waals surface area contributed by atoms with Crippen LogP contribution >= 0.6 is 0 Å². The standard InChI is InChI=1S/C24H26N6/c1-18-6-8-19(9-7-18)16-29-13-3-5-22(29)24-23-11-10-21(17-30(23)28-27-24)26-15-20-4-2-12-25-14-20/h2,4,6-12,14,17,22,26H,3,5,13,15-16H2,1H3/t22-/m0/s1. The van der Waals surface area contributed by atoms with Crippen molar-refractivity contribution in [2.24, 2.45) is 0 Å². The molecule has 30 heavy (non-hydrogen) atoms. The fourth-order valence-corrected chi connectivity index (χ4v) is 4.22. The summed E-state index contributed by atoms with van der Waals surface area (Å²) in [5.74, 6) is 0. The summed E-state index contributed by atoms with van der Waals surface area (Å²) in [6.07, 6.45) is 8.00. The summed E-state index contributed by atoms with van der Waals surface area (Å²) in [6.45, 7) is 4.91. The lowest BCUT2D eigenvalue weighted by molar-refractivity contribution is 0.245. The van der Waals surface area contributed by atoms with Gasteiger partial charge in [0.2, 0.25) is 0 Å². The summed E-state index contributed by atoms with van der Waals surface area (Å²) in [5, 5.41) is 12.4. The fourth-order valence-electron chi connectivity index (χ4n) is 4.22. The van der Waals surface area contributed by atoms with Crippen LogP contribution in [-0.2, 0) is 13.1 Å². The Kier molecular flexibility index (Phi) is 5.15. The Morgan fingerprint density at radius 1 is 1.07 bits per heavy atom. The molecule has 1 saturated heterocycles. The first kappa shape index (κ1) is 18.8. The van der Waals surface area contributed by atoms with E-state index >= 15 is 0 Å². The van der Waals surface area contributed by atoms with Gasteiger partial charge >= 0.3 is 0 Å². The van der Waals surface area contributed by atoms with E-state index in [9.17, 15) is 0 Å². The minimum Gasteiger partial charge on any atom is -0.380 e. The van der Waals surface area contributed by atoms with Crippen molar-refractivity contribution in [3.8, 4) is 0 Å². The molecule has 1 N–H and O–H groups in total. The summed E-state index contributed by atoms with van der Waals surface area (Å²) in [6, 6.07) is 17.4. The number of fused-ring (bicyclic) bond motifs is 1. The van der Waals surface area contributed by atoms with Crippen molar-refractivity contribution in [3.05, 3.63) is 89.5 Å². The minimum atomic E-state index is 0.318. The van der Waals surface area contributed by atoms with Crippen LogP contribution in [0.3, 0.4) is 0 Å². The molecule has 0 radical (unpaired) electrons. The molecule has 1 aromatic carbocycles. The van der Waals surface area contributed by atoms with Gasteiger partial charge in [-0.05, 0) is 55.6 Å². The van der Waals surface area contributed by atoms with Gasteiger partial charge in [0, 0.05) is 25.5 Å². The first-order valence-corrected chi connectivity index (χ1v) is 10.5. The lowest BCUT2D eigenvalue weighted by Crippen LogP contribution is -2.23. The number of benzene rings is 1. The molecule has 152 valence electrons. The topological polar surface area (TPSA) is 58.4 Å². The smallest absolute Gasteiger partial charge is 0.108 e. The van der Waals surface area contributed by atoms with Gasteiger partial charge in [-0.25, -0.2) is 4.52 Å². The third kappa shape index (κ3) is 3.91. The predicted molar refractivity (Wildman–Crippen MR) is 118 cm³/mol. The van der Waals surface area contributed by atoms with E-state index in [1.165, 1.54) is 17.5 Å². The van der Waals surface area contributed by atoms with Crippen molar-refractivity contribution >= 4 is 11.2 Å². The molecule has 0 spiro atoms. The zero-order valence-electron chi connectivity index (χ0n) is 17.2. The largest absolute Gasteiger partial charge is 0.380 e. The number of nitrogens with one attached hydrogen (secondary N) is 1. The first-order chi connectivity index (χ1) is 14.8. The van der Waals surface area contributed by atoms with Crippen molar-refractivity contribution < 1.29 is 0 Å². The highest BCUT2D eigenvalue weighted by atomic mass is 15.4. The number of nitrogens with zero attached hydrogens (tertiary/aromatic N) is 5. The Morgan fingerprint density at radius 3 is 2.80 bits per heavy atom. The zero-order chi connectivity index (χ0) is 20.3. The summed E-state index contributed by atoms with van der Waals surface area (Å²) in [5.41, 5.74) is 6.99. The molecule has 4 heterocycles. The van der Waals surface area contributed by atoms with E-state index < -0.39 is 0 Å². The van der Waals surface area contributed by atoms with Crippen LogP contribution in [0.5, 0.6) is 0 Å². The molecular weight excluding hydrogens is 372 g/mol. The number of aromatic nitrogens is 4. The molecular formula is C24H26N6. The van der Waals surface area contributed by atoms with Crippen LogP contribution in [0.4, 0.5) is 5.69 Å². The number of hydrogen-bond acceptors (Lipinski definition) is 5. The van der Waals surface area contributed by atoms with Crippen molar-refractivity contribution in [2.45, 2.75) is 38.9 Å². The van der Waals surface area contributed by atoms with Crippen LogP contribution in [0.1, 0.15) is 41.3 Å². The highest BCUT2D eigenvalue weighted by Gasteiger charge is 2.29. The van der Waals surface area contributed by atoms with Gasteiger partial charge in [0.05, 0.1) is 23.4 Å². The normalized spacial score (nSPS) is 16.9. The van der Waals surface area contributed by atoms with Crippen molar-refractivity contribution in [3.63, 3.8) is 0 Å². The number of aryl methyl sites for hydroxylation is 1. The number of hydrogen-bond donors (Lipinski definition) is 1. The molecule has 0 amide bonds. The molecule has 1 atom stereocenters. The molecule has 5 rings (SSSR count). The Morgan fingerprint density at radius 2 is 1.97 bits per heavy atom. The average molecular weight is 399 g/mol. The quantitative estimate of drug-likeness (QED) is 0.522. The lowest BCUT2D eigenvalue weighted by atomic mass is 10.1. The van der Waals surface area contributed by atoms with Crippen molar-refractivity contribution in [1.82, 2.24) is 24.7 Å². The Labute approximate surface area is 176 Å². The number of anilines is 1. The van der Waals surface area contributed by atoms with E-state index in [0.29, 0.717) is 6.04 Å². The molecule has 6 heteroatoms. The van der Waals surface area contributed by atoms with E-state index in [1.807, 2.05) is 23.0 Å². The summed E-state index contributed by atoms with van der Waals surface area (Å²) >= 11 is 0. The second kappa shape index (κ2) is 8.24. The number of pyridine rings is 2. The van der Waals surface area contributed by atoms with Crippen LogP contribution in [0.2, 0.25) is 0 Å². The van der Waals surface area contributed by atoms with E-state index in [-0.39, 0.29) is 0 Å². The molecule has 0 saturated carbocycles. The van der Waals surface area contributed by atoms with Gasteiger partial charge in [0.1, 0.15) is 5.69 Å². The molecule has 6 nitrogen and oxygen atoms in total. The van der Waals surface area contributed by atoms with E-state index in [0.717, 1.165) is 48.5 Å². The van der Waals surface area contributed by atoms with Crippen LogP contribution in [0.15, 0.2) is 67.1 Å². The van der Waals surface area contributed by atoms with Crippen LogP contribution in [0, 0.1) is 6.92 Å². The predicted octanol–water partition coefficient (Wildman–Crippen LogP) is 4.38. The second-order valence-electron chi connectivity index (χ2n) is 8.05. The van der Waals surface area contributed by atoms with E-state index in [1.54, 1.807) is 6.20 Å². The third-order valence-electron chi connectivity index (χ3n) is 5.85. The van der Waals surface area contributed by atoms with Gasteiger partial charge in [-0.2, -0.15) is 0 Å². The Balaban J connectivity index is 1.33. The molecule has 0 aliphatic carbocycles. The van der Waals surface area contributed by atoms with Crippen molar-refractivity contribution in [1.29, 1.82) is 0 Å². The SMILES string of the molecule is Cc1ccc(CN2CCC[C@H]2c2nnn3cc(NCc4cccnc4)ccc23)cc1. The number of likely N-dealkylation sites (tertiary alicyclic amines) is 1. The molecule has 4 aromatic rings. The van der Waals surface area contributed by atoms with Crippen LogP contribution in [-0.4, -0.2) is 31.3 Å². The Bertz CT molecular complexity index is 1120. The van der Waals surface area contributed by atoms with Gasteiger partial charge in [-0.15, -0.1) is 5.10 Å². The van der Waals surface area contributed by atoms with Crippen LogP contribution in [0.25, 0.3) is 5.52 Å². The maximum atomic E-state index is 4.58. The highest BCUT2D eigenvalue weighted by molar-refractivity contribution is 5.57. The van der Waals surface area contributed by atoms with Crippen molar-refractivity contribution in [2.75, 3.05) is 11.9 Å². The fraction of sp³-hybridized carbons (Fsp3) is 0.292. The summed E-state index contributed by atoms with van der Waals surface area (Å²) < 4.78 is 1.89. The molecule has 0 bridgehead atoms. The second-order valence-corrected chi connectivity index (χ2v) is 8.05. The van der Waals surface area contributed by atoms with Gasteiger partial charge < -0.3 is 5.32 Å². The van der Waals surface area contributed by atoms with E-state index in [2.05, 4.69) is 74.9 Å². The van der Waals surface area contributed by atoms with Gasteiger partial charge in [0.15, 0.2) is 0 Å². The molecule has 0 unspecified atom stereocenters. The maximum absolute atomic E-state index is 4.58. The minimum absolute atomic E-state index is 0.318. The molecule has 3 aromatic heterocycles. The monoisotopic (exact) mass is 398 g/mol. The third-order valence-corrected chi connectivity index (χ3v) is 5.85. The Hall–Kier alpha value is -3.25. The van der Waals surface area contributed by atoms with Gasteiger partial charge in [-0.1, -0.05) is 41.1 Å². The molecule has 1 fully saturated rings. The lowest BCUT2D eigenvalue weighted by Gasteiger charge is -2.23.